The van der Waals surface area contributed by atoms with Gasteiger partial charge in [-0.25, -0.2) is 0 Å². The second-order valence-corrected chi connectivity index (χ2v) is 4.67. The molecule has 0 heterocycles. The predicted octanol–water partition coefficient (Wildman–Crippen LogP) is 3.48. The summed E-state index contributed by atoms with van der Waals surface area (Å²) in [6.45, 7) is 6.21. The maximum absolute atomic E-state index is 10.9. The van der Waals surface area contributed by atoms with E-state index >= 15 is 0 Å². The fourth-order valence-corrected chi connectivity index (χ4v) is 2.16. The van der Waals surface area contributed by atoms with Gasteiger partial charge in [-0.2, -0.15) is 0 Å². The summed E-state index contributed by atoms with van der Waals surface area (Å²) >= 11 is 6.13. The van der Waals surface area contributed by atoms with Gasteiger partial charge in [-0.1, -0.05) is 24.6 Å². The van der Waals surface area contributed by atoms with Crippen LogP contribution < -0.4 is 5.32 Å². The molecule has 0 saturated carbocycles. The molecule has 94 valence electrons. The highest BCUT2D eigenvalue weighted by atomic mass is 35.5. The summed E-state index contributed by atoms with van der Waals surface area (Å²) in [5.41, 5.74) is 2.97. The van der Waals surface area contributed by atoms with Gasteiger partial charge in [0.1, 0.15) is 0 Å². The molecule has 4 heteroatoms. The minimum Gasteiger partial charge on any atom is -0.481 e. The third-order valence-electron chi connectivity index (χ3n) is 2.80. The minimum absolute atomic E-state index is 0.383. The SMILES string of the molecule is CCC(CNc1c(C)cc(C)cc1Cl)C(=O)O. The van der Waals surface area contributed by atoms with Crippen LogP contribution >= 0.6 is 11.6 Å². The summed E-state index contributed by atoms with van der Waals surface area (Å²) in [6.07, 6.45) is 0.602. The first-order valence-electron chi connectivity index (χ1n) is 5.69. The van der Waals surface area contributed by atoms with Crippen molar-refractivity contribution >= 4 is 23.3 Å². The number of carboxylic acids is 1. The topological polar surface area (TPSA) is 49.3 Å². The van der Waals surface area contributed by atoms with E-state index in [4.69, 9.17) is 16.7 Å². The predicted molar refractivity (Wildman–Crippen MR) is 70.8 cm³/mol. The van der Waals surface area contributed by atoms with E-state index in [0.29, 0.717) is 18.0 Å². The zero-order valence-corrected chi connectivity index (χ0v) is 11.1. The molecule has 0 amide bonds. The van der Waals surface area contributed by atoms with E-state index in [1.165, 1.54) is 0 Å². The Bertz CT molecular complexity index is 395. The van der Waals surface area contributed by atoms with E-state index < -0.39 is 5.97 Å². The summed E-state index contributed by atoms with van der Waals surface area (Å²) in [6, 6.07) is 3.90. The van der Waals surface area contributed by atoms with Gasteiger partial charge < -0.3 is 10.4 Å². The van der Waals surface area contributed by atoms with Gasteiger partial charge in [0, 0.05) is 6.54 Å². The molecule has 0 bridgehead atoms. The average Bonchev–Trinajstić information content (AvgIpc) is 2.21. The lowest BCUT2D eigenvalue weighted by Gasteiger charge is -2.15. The number of anilines is 1. The molecule has 1 aromatic carbocycles. The van der Waals surface area contributed by atoms with Gasteiger partial charge in [0.15, 0.2) is 0 Å². The number of carboxylic acid groups (broad SMARTS) is 1. The summed E-state index contributed by atoms with van der Waals surface area (Å²) < 4.78 is 0. The molecule has 0 aliphatic rings. The van der Waals surface area contributed by atoms with E-state index in [1.54, 1.807) is 0 Å². The molecule has 1 rings (SSSR count). The van der Waals surface area contributed by atoms with Gasteiger partial charge in [0.25, 0.3) is 0 Å². The van der Waals surface area contributed by atoms with Crippen molar-refractivity contribution in [2.75, 3.05) is 11.9 Å². The summed E-state index contributed by atoms with van der Waals surface area (Å²) in [7, 11) is 0. The van der Waals surface area contributed by atoms with Crippen molar-refractivity contribution in [3.05, 3.63) is 28.3 Å². The number of rotatable bonds is 5. The molecule has 0 aliphatic carbocycles. The Labute approximate surface area is 107 Å². The summed E-state index contributed by atoms with van der Waals surface area (Å²) in [5, 5.41) is 12.7. The van der Waals surface area contributed by atoms with Crippen LogP contribution in [0.25, 0.3) is 0 Å². The Kier molecular flexibility index (Phi) is 4.82. The molecule has 1 atom stereocenters. The van der Waals surface area contributed by atoms with Crippen LogP contribution in [0.3, 0.4) is 0 Å². The number of benzene rings is 1. The molecule has 0 aliphatic heterocycles. The number of aliphatic carboxylic acids is 1. The number of nitrogens with one attached hydrogen (secondary N) is 1. The Morgan fingerprint density at radius 3 is 2.59 bits per heavy atom. The van der Waals surface area contributed by atoms with Crippen molar-refractivity contribution in [2.24, 2.45) is 5.92 Å². The lowest BCUT2D eigenvalue weighted by molar-refractivity contribution is -0.141. The van der Waals surface area contributed by atoms with Crippen molar-refractivity contribution in [3.8, 4) is 0 Å². The Morgan fingerprint density at radius 2 is 2.12 bits per heavy atom. The van der Waals surface area contributed by atoms with E-state index in [2.05, 4.69) is 5.32 Å². The van der Waals surface area contributed by atoms with Gasteiger partial charge in [-0.15, -0.1) is 0 Å². The largest absolute Gasteiger partial charge is 0.481 e. The maximum Gasteiger partial charge on any atom is 0.308 e. The highest BCUT2D eigenvalue weighted by molar-refractivity contribution is 6.33. The van der Waals surface area contributed by atoms with Gasteiger partial charge in [0.05, 0.1) is 16.6 Å². The molecule has 1 aromatic rings. The molecule has 0 aromatic heterocycles. The van der Waals surface area contributed by atoms with E-state index in [0.717, 1.165) is 16.8 Å². The van der Waals surface area contributed by atoms with Crippen molar-refractivity contribution < 1.29 is 9.90 Å². The zero-order valence-electron chi connectivity index (χ0n) is 10.4. The zero-order chi connectivity index (χ0) is 13.0. The third kappa shape index (κ3) is 3.63. The minimum atomic E-state index is -0.777. The lowest BCUT2D eigenvalue weighted by atomic mass is 10.1. The van der Waals surface area contributed by atoms with Crippen LogP contribution in [0.2, 0.25) is 5.02 Å². The van der Waals surface area contributed by atoms with E-state index in [1.807, 2.05) is 32.9 Å². The van der Waals surface area contributed by atoms with Crippen molar-refractivity contribution in [1.29, 1.82) is 0 Å². The first-order chi connectivity index (χ1) is 7.95. The van der Waals surface area contributed by atoms with Gasteiger partial charge in [0.2, 0.25) is 0 Å². The molecule has 0 radical (unpaired) electrons. The molecule has 2 N–H and O–H groups in total. The Morgan fingerprint density at radius 1 is 1.47 bits per heavy atom. The first-order valence-corrected chi connectivity index (χ1v) is 6.07. The van der Waals surface area contributed by atoms with Crippen LogP contribution in [0, 0.1) is 19.8 Å². The molecule has 3 nitrogen and oxygen atoms in total. The van der Waals surface area contributed by atoms with Gasteiger partial charge >= 0.3 is 5.97 Å². The summed E-state index contributed by atoms with van der Waals surface area (Å²) in [4.78, 5) is 10.9. The van der Waals surface area contributed by atoms with Crippen LogP contribution in [0.15, 0.2) is 12.1 Å². The van der Waals surface area contributed by atoms with Gasteiger partial charge in [-0.3, -0.25) is 4.79 Å². The van der Waals surface area contributed by atoms with Crippen LogP contribution in [-0.2, 0) is 4.79 Å². The normalized spacial score (nSPS) is 12.2. The van der Waals surface area contributed by atoms with Gasteiger partial charge in [-0.05, 0) is 37.5 Å². The first kappa shape index (κ1) is 13.8. The molecular weight excluding hydrogens is 238 g/mol. The van der Waals surface area contributed by atoms with Crippen molar-refractivity contribution in [3.63, 3.8) is 0 Å². The smallest absolute Gasteiger partial charge is 0.308 e. The second-order valence-electron chi connectivity index (χ2n) is 4.26. The molecule has 0 spiro atoms. The van der Waals surface area contributed by atoms with Crippen molar-refractivity contribution in [2.45, 2.75) is 27.2 Å². The fourth-order valence-electron chi connectivity index (χ4n) is 1.77. The number of halogens is 1. The highest BCUT2D eigenvalue weighted by Crippen LogP contribution is 2.27. The maximum atomic E-state index is 10.9. The Balaban J connectivity index is 2.79. The highest BCUT2D eigenvalue weighted by Gasteiger charge is 2.15. The van der Waals surface area contributed by atoms with Crippen LogP contribution in [-0.4, -0.2) is 17.6 Å². The lowest BCUT2D eigenvalue weighted by Crippen LogP contribution is -2.22. The number of carbonyl (C=O) groups is 1. The third-order valence-corrected chi connectivity index (χ3v) is 3.10. The fraction of sp³-hybridized carbons (Fsp3) is 0.462. The van der Waals surface area contributed by atoms with E-state index in [9.17, 15) is 4.79 Å². The number of hydrogen-bond acceptors (Lipinski definition) is 2. The summed E-state index contributed by atoms with van der Waals surface area (Å²) in [5.74, 6) is -1.16. The van der Waals surface area contributed by atoms with Crippen LogP contribution in [0.1, 0.15) is 24.5 Å². The molecule has 17 heavy (non-hydrogen) atoms. The van der Waals surface area contributed by atoms with Crippen molar-refractivity contribution in [1.82, 2.24) is 0 Å². The number of aryl methyl sites for hydroxylation is 2. The van der Waals surface area contributed by atoms with Crippen LogP contribution in [0.5, 0.6) is 0 Å². The molecule has 0 fully saturated rings. The molecule has 1 unspecified atom stereocenters. The standard InChI is InChI=1S/C13H18ClNO2/c1-4-10(13(16)17)7-15-12-9(3)5-8(2)6-11(12)14/h5-6,10,15H,4,7H2,1-3H3,(H,16,17). The van der Waals surface area contributed by atoms with E-state index in [-0.39, 0.29) is 5.92 Å². The monoisotopic (exact) mass is 255 g/mol. The number of hydrogen-bond donors (Lipinski definition) is 2. The quantitative estimate of drug-likeness (QED) is 0.847. The Hall–Kier alpha value is -1.22. The molecule has 0 saturated heterocycles. The molecular formula is C13H18ClNO2. The second kappa shape index (κ2) is 5.92. The van der Waals surface area contributed by atoms with Crippen LogP contribution in [0.4, 0.5) is 5.69 Å². The average molecular weight is 256 g/mol.